The first-order valence-electron chi connectivity index (χ1n) is 8.45. The summed E-state index contributed by atoms with van der Waals surface area (Å²) in [5.41, 5.74) is 5.71. The van der Waals surface area contributed by atoms with Gasteiger partial charge in [-0.2, -0.15) is 0 Å². The van der Waals surface area contributed by atoms with Crippen LogP contribution in [-0.2, 0) is 9.59 Å². The summed E-state index contributed by atoms with van der Waals surface area (Å²) < 4.78 is 5.53. The lowest BCUT2D eigenvalue weighted by Gasteiger charge is -2.23. The Hall–Kier alpha value is -2.08. The van der Waals surface area contributed by atoms with Gasteiger partial charge in [0.1, 0.15) is 5.75 Å². The highest BCUT2D eigenvalue weighted by molar-refractivity contribution is 5.97. The van der Waals surface area contributed by atoms with E-state index in [9.17, 15) is 9.59 Å². The second kappa shape index (κ2) is 9.27. The van der Waals surface area contributed by atoms with Crippen molar-refractivity contribution in [3.05, 3.63) is 24.3 Å². The number of amides is 2. The Bertz CT molecular complexity index is 554. The van der Waals surface area contributed by atoms with Crippen LogP contribution in [0.1, 0.15) is 40.5 Å². The number of likely N-dealkylation sites (N-methyl/N-ethyl adjacent to an activating group) is 1. The molecule has 0 radical (unpaired) electrons. The van der Waals surface area contributed by atoms with Gasteiger partial charge in [-0.25, -0.2) is 0 Å². The van der Waals surface area contributed by atoms with Crippen molar-refractivity contribution in [2.24, 2.45) is 5.73 Å². The summed E-state index contributed by atoms with van der Waals surface area (Å²) in [5.74, 6) is 0.232. The molecule has 0 aliphatic heterocycles. The van der Waals surface area contributed by atoms with Gasteiger partial charge in [0.15, 0.2) is 6.61 Å². The lowest BCUT2D eigenvalue weighted by Crippen LogP contribution is -2.48. The van der Waals surface area contributed by atoms with Crippen molar-refractivity contribution >= 4 is 17.5 Å². The average Bonchev–Trinajstić information content (AvgIpc) is 2.54. The minimum Gasteiger partial charge on any atom is -0.484 e. The molecule has 0 saturated carbocycles. The second-order valence-corrected chi connectivity index (χ2v) is 6.00. The summed E-state index contributed by atoms with van der Waals surface area (Å²) in [7, 11) is 0. The van der Waals surface area contributed by atoms with Crippen molar-refractivity contribution in [1.29, 1.82) is 0 Å². The van der Waals surface area contributed by atoms with Crippen LogP contribution < -0.4 is 15.8 Å². The van der Waals surface area contributed by atoms with Gasteiger partial charge in [-0.1, -0.05) is 19.4 Å². The Kier molecular flexibility index (Phi) is 7.71. The van der Waals surface area contributed by atoms with Crippen LogP contribution in [0, 0.1) is 0 Å². The van der Waals surface area contributed by atoms with Crippen LogP contribution in [0.4, 0.5) is 5.69 Å². The van der Waals surface area contributed by atoms with E-state index in [1.807, 2.05) is 20.8 Å². The molecule has 0 spiro atoms. The molecule has 1 atom stereocenters. The van der Waals surface area contributed by atoms with E-state index in [1.165, 1.54) is 0 Å². The Morgan fingerprint density at radius 2 is 1.92 bits per heavy atom. The molecule has 3 N–H and O–H groups in total. The fraction of sp³-hybridized carbons (Fsp3) is 0.556. The Labute approximate surface area is 144 Å². The summed E-state index contributed by atoms with van der Waals surface area (Å²) in [4.78, 5) is 25.9. The van der Waals surface area contributed by atoms with Crippen LogP contribution >= 0.6 is 0 Å². The molecule has 1 rings (SSSR count). The lowest BCUT2D eigenvalue weighted by atomic mass is 9.96. The molecule has 0 aromatic heterocycles. The monoisotopic (exact) mass is 335 g/mol. The van der Waals surface area contributed by atoms with Crippen molar-refractivity contribution in [2.75, 3.05) is 25.0 Å². The summed E-state index contributed by atoms with van der Waals surface area (Å²) >= 11 is 0. The molecule has 6 heteroatoms. The predicted molar refractivity (Wildman–Crippen MR) is 96.0 cm³/mol. The molecule has 0 heterocycles. The van der Waals surface area contributed by atoms with Crippen LogP contribution in [0.3, 0.4) is 0 Å². The molecule has 1 aromatic rings. The maximum atomic E-state index is 12.2. The largest absolute Gasteiger partial charge is 0.484 e. The number of nitrogens with two attached hydrogens (primary N) is 1. The number of ether oxygens (including phenoxy) is 1. The highest BCUT2D eigenvalue weighted by atomic mass is 16.5. The van der Waals surface area contributed by atoms with E-state index < -0.39 is 5.54 Å². The number of nitrogens with one attached hydrogen (secondary N) is 1. The zero-order chi connectivity index (χ0) is 18.2. The molecule has 1 unspecified atom stereocenters. The van der Waals surface area contributed by atoms with E-state index in [4.69, 9.17) is 10.5 Å². The van der Waals surface area contributed by atoms with E-state index in [0.29, 0.717) is 30.9 Å². The van der Waals surface area contributed by atoms with E-state index in [0.717, 1.165) is 6.42 Å². The average molecular weight is 335 g/mol. The quantitative estimate of drug-likeness (QED) is 0.726. The van der Waals surface area contributed by atoms with Gasteiger partial charge in [0.2, 0.25) is 5.91 Å². The van der Waals surface area contributed by atoms with E-state index >= 15 is 0 Å². The van der Waals surface area contributed by atoms with Crippen LogP contribution in [0.2, 0.25) is 0 Å². The molecule has 6 nitrogen and oxygen atoms in total. The van der Waals surface area contributed by atoms with Gasteiger partial charge in [0.25, 0.3) is 5.91 Å². The highest BCUT2D eigenvalue weighted by Gasteiger charge is 2.27. The third-order valence-corrected chi connectivity index (χ3v) is 3.86. The number of anilines is 1. The standard InChI is InChI=1S/C18H29N3O3/c1-5-11-18(4,19)17(23)20-14-9-8-10-15(12-14)24-13-16(22)21(6-2)7-3/h8-10,12H,5-7,11,13,19H2,1-4H3,(H,20,23). The van der Waals surface area contributed by atoms with Gasteiger partial charge < -0.3 is 20.7 Å². The third kappa shape index (κ3) is 5.85. The summed E-state index contributed by atoms with van der Waals surface area (Å²) in [6.45, 7) is 8.84. The third-order valence-electron chi connectivity index (χ3n) is 3.86. The number of nitrogens with zero attached hydrogens (tertiary/aromatic N) is 1. The van der Waals surface area contributed by atoms with Crippen LogP contribution in [0.5, 0.6) is 5.75 Å². The minimum atomic E-state index is -0.912. The molecular weight excluding hydrogens is 306 g/mol. The molecule has 134 valence electrons. The van der Waals surface area contributed by atoms with Crippen molar-refractivity contribution < 1.29 is 14.3 Å². The molecule has 0 aliphatic carbocycles. The van der Waals surface area contributed by atoms with Gasteiger partial charge in [-0.15, -0.1) is 0 Å². The highest BCUT2D eigenvalue weighted by Crippen LogP contribution is 2.19. The van der Waals surface area contributed by atoms with Gasteiger partial charge in [0.05, 0.1) is 5.54 Å². The van der Waals surface area contributed by atoms with Gasteiger partial charge >= 0.3 is 0 Å². The van der Waals surface area contributed by atoms with Gasteiger partial charge in [0, 0.05) is 24.8 Å². The minimum absolute atomic E-state index is 0.0243. The fourth-order valence-corrected chi connectivity index (χ4v) is 2.38. The number of hydrogen-bond acceptors (Lipinski definition) is 4. The maximum Gasteiger partial charge on any atom is 0.260 e. The molecule has 2 amide bonds. The number of carbonyl (C=O) groups excluding carboxylic acids is 2. The fourth-order valence-electron chi connectivity index (χ4n) is 2.38. The molecular formula is C18H29N3O3. The number of hydrogen-bond donors (Lipinski definition) is 2. The molecule has 24 heavy (non-hydrogen) atoms. The van der Waals surface area contributed by atoms with Gasteiger partial charge in [-0.05, 0) is 39.3 Å². The molecule has 0 bridgehead atoms. The van der Waals surface area contributed by atoms with E-state index in [1.54, 1.807) is 36.1 Å². The lowest BCUT2D eigenvalue weighted by molar-refractivity contribution is -0.133. The number of carbonyl (C=O) groups is 2. The van der Waals surface area contributed by atoms with Crippen molar-refractivity contribution in [3.8, 4) is 5.75 Å². The first-order valence-corrected chi connectivity index (χ1v) is 8.45. The van der Waals surface area contributed by atoms with Crippen molar-refractivity contribution in [2.45, 2.75) is 46.1 Å². The molecule has 0 saturated heterocycles. The predicted octanol–water partition coefficient (Wildman–Crippen LogP) is 2.39. The van der Waals surface area contributed by atoms with Crippen LogP contribution in [-0.4, -0.2) is 41.9 Å². The van der Waals surface area contributed by atoms with Crippen molar-refractivity contribution in [1.82, 2.24) is 4.90 Å². The molecule has 0 fully saturated rings. The Balaban J connectivity index is 2.67. The zero-order valence-electron chi connectivity index (χ0n) is 15.1. The summed E-state index contributed by atoms with van der Waals surface area (Å²) in [6.07, 6.45) is 1.43. The number of rotatable bonds is 9. The molecule has 0 aliphatic rings. The van der Waals surface area contributed by atoms with Crippen molar-refractivity contribution in [3.63, 3.8) is 0 Å². The topological polar surface area (TPSA) is 84.7 Å². The number of benzene rings is 1. The first kappa shape index (κ1) is 20.0. The van der Waals surface area contributed by atoms with Crippen LogP contribution in [0.25, 0.3) is 0 Å². The SMILES string of the molecule is CCCC(C)(N)C(=O)Nc1cccc(OCC(=O)N(CC)CC)c1. The normalized spacial score (nSPS) is 13.0. The second-order valence-electron chi connectivity index (χ2n) is 6.00. The maximum absolute atomic E-state index is 12.2. The van der Waals surface area contributed by atoms with Gasteiger partial charge in [-0.3, -0.25) is 9.59 Å². The smallest absolute Gasteiger partial charge is 0.260 e. The first-order chi connectivity index (χ1) is 11.3. The Morgan fingerprint density at radius 1 is 1.25 bits per heavy atom. The van der Waals surface area contributed by atoms with Crippen LogP contribution in [0.15, 0.2) is 24.3 Å². The molecule has 1 aromatic carbocycles. The van der Waals surface area contributed by atoms with E-state index in [2.05, 4.69) is 5.32 Å². The van der Waals surface area contributed by atoms with E-state index in [-0.39, 0.29) is 18.4 Å². The summed E-state index contributed by atoms with van der Waals surface area (Å²) in [6, 6.07) is 6.97. The Morgan fingerprint density at radius 3 is 2.50 bits per heavy atom. The summed E-state index contributed by atoms with van der Waals surface area (Å²) in [5, 5.41) is 2.80. The zero-order valence-corrected chi connectivity index (χ0v) is 15.1.